The average Bonchev–Trinajstić information content (AvgIpc) is 2.44. The van der Waals surface area contributed by atoms with E-state index >= 15 is 0 Å². The van der Waals surface area contributed by atoms with Crippen molar-refractivity contribution in [2.75, 3.05) is 0 Å². The highest BCUT2D eigenvalue weighted by Crippen LogP contribution is 2.29. The lowest BCUT2D eigenvalue weighted by atomic mass is 9.81. The maximum absolute atomic E-state index is 12.2. The Morgan fingerprint density at radius 1 is 1.39 bits per heavy atom. The molecule has 3 heteroatoms. The van der Waals surface area contributed by atoms with Crippen molar-refractivity contribution < 1.29 is 4.79 Å². The van der Waals surface area contributed by atoms with Crippen LogP contribution in [0.3, 0.4) is 0 Å². The molecule has 0 heterocycles. The molecule has 2 atom stereocenters. The number of carbonyl (C=O) groups excluding carboxylic acids is 1. The van der Waals surface area contributed by atoms with Crippen molar-refractivity contribution in [1.29, 1.82) is 5.26 Å². The fourth-order valence-corrected chi connectivity index (χ4v) is 2.71. The Hall–Kier alpha value is -1.04. The van der Waals surface area contributed by atoms with Crippen molar-refractivity contribution in [3.8, 4) is 6.07 Å². The van der Waals surface area contributed by atoms with E-state index in [1.807, 2.05) is 6.92 Å². The molecule has 0 aliphatic heterocycles. The molecule has 1 aliphatic rings. The largest absolute Gasteiger partial charge is 0.352 e. The summed E-state index contributed by atoms with van der Waals surface area (Å²) in [4.78, 5) is 12.2. The summed E-state index contributed by atoms with van der Waals surface area (Å²) >= 11 is 0. The first-order valence-electron chi connectivity index (χ1n) is 7.29. The van der Waals surface area contributed by atoms with Gasteiger partial charge in [-0.1, -0.05) is 33.1 Å². The van der Waals surface area contributed by atoms with E-state index in [1.165, 1.54) is 32.1 Å². The SMILES string of the molecule is CCC(NC(=O)C(C)(C#N)CC)C1CCCCC1. The molecular formula is C15H26N2O. The van der Waals surface area contributed by atoms with Crippen molar-refractivity contribution in [3.63, 3.8) is 0 Å². The predicted octanol–water partition coefficient (Wildman–Crippen LogP) is 3.40. The van der Waals surface area contributed by atoms with Crippen molar-refractivity contribution in [2.45, 2.75) is 71.8 Å². The van der Waals surface area contributed by atoms with Gasteiger partial charge in [0.1, 0.15) is 5.41 Å². The summed E-state index contributed by atoms with van der Waals surface area (Å²) in [5.74, 6) is 0.512. The molecule has 0 saturated heterocycles. The minimum Gasteiger partial charge on any atom is -0.352 e. The van der Waals surface area contributed by atoms with Crippen LogP contribution in [0.25, 0.3) is 0 Å². The summed E-state index contributed by atoms with van der Waals surface area (Å²) in [6.07, 6.45) is 7.84. The van der Waals surface area contributed by atoms with Gasteiger partial charge >= 0.3 is 0 Å². The van der Waals surface area contributed by atoms with Crippen LogP contribution in [0, 0.1) is 22.7 Å². The Morgan fingerprint density at radius 3 is 2.44 bits per heavy atom. The highest BCUT2D eigenvalue weighted by molar-refractivity contribution is 5.85. The van der Waals surface area contributed by atoms with Crippen molar-refractivity contribution in [2.24, 2.45) is 11.3 Å². The van der Waals surface area contributed by atoms with E-state index in [4.69, 9.17) is 5.26 Å². The number of nitriles is 1. The minimum atomic E-state index is -0.873. The van der Waals surface area contributed by atoms with Gasteiger partial charge in [-0.3, -0.25) is 4.79 Å². The van der Waals surface area contributed by atoms with Gasteiger partial charge in [0.2, 0.25) is 5.91 Å². The first-order chi connectivity index (χ1) is 8.57. The van der Waals surface area contributed by atoms with Gasteiger partial charge < -0.3 is 5.32 Å². The molecule has 1 amide bonds. The number of hydrogen-bond acceptors (Lipinski definition) is 2. The lowest BCUT2D eigenvalue weighted by Gasteiger charge is -2.32. The summed E-state index contributed by atoms with van der Waals surface area (Å²) in [5.41, 5.74) is -0.873. The molecule has 2 unspecified atom stereocenters. The van der Waals surface area contributed by atoms with Crippen molar-refractivity contribution in [3.05, 3.63) is 0 Å². The maximum atomic E-state index is 12.2. The van der Waals surface area contributed by atoms with Gasteiger partial charge in [-0.25, -0.2) is 0 Å². The van der Waals surface area contributed by atoms with E-state index in [9.17, 15) is 4.79 Å². The lowest BCUT2D eigenvalue weighted by Crippen LogP contribution is -2.46. The molecule has 102 valence electrons. The van der Waals surface area contributed by atoms with E-state index in [1.54, 1.807) is 6.92 Å². The highest BCUT2D eigenvalue weighted by atomic mass is 16.2. The van der Waals surface area contributed by atoms with Gasteiger partial charge in [-0.2, -0.15) is 5.26 Å². The molecule has 0 aromatic carbocycles. The molecule has 0 aromatic heterocycles. The number of amides is 1. The second-order valence-corrected chi connectivity index (χ2v) is 5.68. The van der Waals surface area contributed by atoms with Crippen LogP contribution >= 0.6 is 0 Å². The third kappa shape index (κ3) is 3.48. The van der Waals surface area contributed by atoms with Crippen LogP contribution in [0.15, 0.2) is 0 Å². The number of carbonyl (C=O) groups is 1. The van der Waals surface area contributed by atoms with E-state index in [0.29, 0.717) is 12.3 Å². The van der Waals surface area contributed by atoms with Crippen molar-refractivity contribution in [1.82, 2.24) is 5.32 Å². The molecule has 3 nitrogen and oxygen atoms in total. The van der Waals surface area contributed by atoms with Crippen LogP contribution in [-0.2, 0) is 4.79 Å². The average molecular weight is 250 g/mol. The first-order valence-corrected chi connectivity index (χ1v) is 7.29. The quantitative estimate of drug-likeness (QED) is 0.813. The van der Waals surface area contributed by atoms with Gasteiger partial charge in [0.25, 0.3) is 0 Å². The van der Waals surface area contributed by atoms with E-state index in [-0.39, 0.29) is 11.9 Å². The predicted molar refractivity (Wildman–Crippen MR) is 72.8 cm³/mol. The van der Waals surface area contributed by atoms with Gasteiger partial charge in [0, 0.05) is 6.04 Å². The van der Waals surface area contributed by atoms with Crippen LogP contribution in [0.1, 0.15) is 65.7 Å². The van der Waals surface area contributed by atoms with Crippen LogP contribution in [-0.4, -0.2) is 11.9 Å². The molecule has 18 heavy (non-hydrogen) atoms. The minimum absolute atomic E-state index is 0.0927. The Kier molecular flexibility index (Phi) is 5.65. The number of hydrogen-bond donors (Lipinski definition) is 1. The standard InChI is InChI=1S/C15H26N2O/c1-4-13(12-9-7-6-8-10-12)17-14(18)15(3,5-2)11-16/h12-13H,4-10H2,1-3H3,(H,17,18). The van der Waals surface area contributed by atoms with Crippen LogP contribution < -0.4 is 5.32 Å². The third-order valence-corrected chi connectivity index (χ3v) is 4.43. The monoisotopic (exact) mass is 250 g/mol. The summed E-state index contributed by atoms with van der Waals surface area (Å²) in [6.45, 7) is 5.75. The second-order valence-electron chi connectivity index (χ2n) is 5.68. The molecular weight excluding hydrogens is 224 g/mol. The van der Waals surface area contributed by atoms with Gasteiger partial charge in [-0.05, 0) is 38.5 Å². The van der Waals surface area contributed by atoms with Crippen LogP contribution in [0.2, 0.25) is 0 Å². The summed E-state index contributed by atoms with van der Waals surface area (Å²) in [6, 6.07) is 2.40. The second kappa shape index (κ2) is 6.78. The normalized spacial score (nSPS) is 21.7. The van der Waals surface area contributed by atoms with Crippen molar-refractivity contribution >= 4 is 5.91 Å². The van der Waals surface area contributed by atoms with Crippen LogP contribution in [0.5, 0.6) is 0 Å². The zero-order valence-electron chi connectivity index (χ0n) is 12.0. The van der Waals surface area contributed by atoms with Gasteiger partial charge in [-0.15, -0.1) is 0 Å². The van der Waals surface area contributed by atoms with E-state index in [0.717, 1.165) is 6.42 Å². The number of nitrogens with one attached hydrogen (secondary N) is 1. The molecule has 1 rings (SSSR count). The zero-order valence-corrected chi connectivity index (χ0v) is 12.0. The first kappa shape index (κ1) is 15.0. The van der Waals surface area contributed by atoms with Gasteiger partial charge in [0.05, 0.1) is 6.07 Å². The molecule has 0 aromatic rings. The third-order valence-electron chi connectivity index (χ3n) is 4.43. The molecule has 0 bridgehead atoms. The van der Waals surface area contributed by atoms with E-state index in [2.05, 4.69) is 18.3 Å². The smallest absolute Gasteiger partial charge is 0.240 e. The Bertz CT molecular complexity index is 315. The molecule has 1 N–H and O–H groups in total. The molecule has 1 fully saturated rings. The fraction of sp³-hybridized carbons (Fsp3) is 0.867. The summed E-state index contributed by atoms with van der Waals surface area (Å²) < 4.78 is 0. The highest BCUT2D eigenvalue weighted by Gasteiger charge is 2.34. The molecule has 1 saturated carbocycles. The lowest BCUT2D eigenvalue weighted by molar-refractivity contribution is -0.128. The Labute approximate surface area is 111 Å². The Morgan fingerprint density at radius 2 is 2.00 bits per heavy atom. The zero-order chi connectivity index (χ0) is 13.6. The molecule has 0 radical (unpaired) electrons. The van der Waals surface area contributed by atoms with E-state index < -0.39 is 5.41 Å². The fourth-order valence-electron chi connectivity index (χ4n) is 2.71. The molecule has 0 spiro atoms. The molecule has 1 aliphatic carbocycles. The Balaban J connectivity index is 2.62. The topological polar surface area (TPSA) is 52.9 Å². The summed E-state index contributed by atoms with van der Waals surface area (Å²) in [7, 11) is 0. The summed E-state index contributed by atoms with van der Waals surface area (Å²) in [5, 5.41) is 12.3. The van der Waals surface area contributed by atoms with Gasteiger partial charge in [0.15, 0.2) is 0 Å². The van der Waals surface area contributed by atoms with Crippen LogP contribution in [0.4, 0.5) is 0 Å². The number of rotatable bonds is 5. The maximum Gasteiger partial charge on any atom is 0.240 e. The number of nitrogens with zero attached hydrogens (tertiary/aromatic N) is 1.